The first-order valence-corrected chi connectivity index (χ1v) is 7.61. The molecule has 0 spiro atoms. The number of ether oxygens (including phenoxy) is 1. The van der Waals surface area contributed by atoms with E-state index < -0.39 is 0 Å². The molecule has 22 heavy (non-hydrogen) atoms. The van der Waals surface area contributed by atoms with Crippen LogP contribution in [-0.4, -0.2) is 13.1 Å². The maximum absolute atomic E-state index is 6.25. The van der Waals surface area contributed by atoms with Gasteiger partial charge in [-0.2, -0.15) is 0 Å². The maximum atomic E-state index is 6.25. The van der Waals surface area contributed by atoms with Gasteiger partial charge in [-0.1, -0.05) is 48.6 Å². The van der Waals surface area contributed by atoms with E-state index in [1.807, 2.05) is 18.2 Å². The second kappa shape index (κ2) is 6.24. The zero-order valence-corrected chi connectivity index (χ0v) is 13.0. The molecule has 0 fully saturated rings. The Balaban J connectivity index is 1.97. The molecule has 0 saturated carbocycles. The Kier molecular flexibility index (Phi) is 4.16. The van der Waals surface area contributed by atoms with Crippen molar-refractivity contribution in [3.8, 4) is 5.75 Å². The van der Waals surface area contributed by atoms with E-state index in [2.05, 4.69) is 48.7 Å². The molecule has 3 rings (SSSR count). The second-order valence-corrected chi connectivity index (χ2v) is 5.86. The largest absolute Gasteiger partial charge is 0.482 e. The predicted molar refractivity (Wildman–Crippen MR) is 91.2 cm³/mol. The summed E-state index contributed by atoms with van der Waals surface area (Å²) >= 11 is 0. The minimum atomic E-state index is 0.0288. The molecule has 1 heterocycles. The molecule has 0 amide bonds. The summed E-state index contributed by atoms with van der Waals surface area (Å²) in [6.45, 7) is 8.29. The van der Waals surface area contributed by atoms with Crippen molar-refractivity contribution in [1.82, 2.24) is 0 Å². The van der Waals surface area contributed by atoms with Gasteiger partial charge in [0.2, 0.25) is 0 Å². The standard InChI is InChI=1S/C19H22N2O/c1-14(2)12-21-13-19(16-6-4-3-5-7-16)22-18-10-15(11-20)8-9-17(18)21/h3-10,19H,1,11-13,20H2,2H3. The number of nitrogens with two attached hydrogens (primary N) is 1. The van der Waals surface area contributed by atoms with Crippen LogP contribution in [0.25, 0.3) is 0 Å². The molecule has 0 bridgehead atoms. The number of fused-ring (bicyclic) bond motifs is 1. The Bertz CT molecular complexity index is 666. The second-order valence-electron chi connectivity index (χ2n) is 5.86. The monoisotopic (exact) mass is 294 g/mol. The van der Waals surface area contributed by atoms with Crippen molar-refractivity contribution in [1.29, 1.82) is 0 Å². The van der Waals surface area contributed by atoms with E-state index in [-0.39, 0.29) is 6.10 Å². The van der Waals surface area contributed by atoms with Crippen LogP contribution < -0.4 is 15.4 Å². The zero-order chi connectivity index (χ0) is 15.5. The van der Waals surface area contributed by atoms with Crippen molar-refractivity contribution in [3.63, 3.8) is 0 Å². The van der Waals surface area contributed by atoms with Crippen molar-refractivity contribution < 1.29 is 4.74 Å². The molecule has 1 aliphatic heterocycles. The van der Waals surface area contributed by atoms with Crippen LogP contribution in [0, 0.1) is 0 Å². The molecule has 1 aliphatic rings. The van der Waals surface area contributed by atoms with Crippen molar-refractivity contribution in [2.45, 2.75) is 19.6 Å². The molecule has 1 atom stereocenters. The van der Waals surface area contributed by atoms with Gasteiger partial charge in [0.25, 0.3) is 0 Å². The first kappa shape index (κ1) is 14.7. The highest BCUT2D eigenvalue weighted by atomic mass is 16.5. The average Bonchev–Trinajstić information content (AvgIpc) is 2.54. The van der Waals surface area contributed by atoms with Gasteiger partial charge in [-0.05, 0) is 30.2 Å². The molecule has 0 aromatic heterocycles. The van der Waals surface area contributed by atoms with E-state index in [1.54, 1.807) is 0 Å². The summed E-state index contributed by atoms with van der Waals surface area (Å²) in [6, 6.07) is 16.6. The van der Waals surface area contributed by atoms with Gasteiger partial charge in [0.05, 0.1) is 12.2 Å². The average molecular weight is 294 g/mol. The Morgan fingerprint density at radius 3 is 2.73 bits per heavy atom. The summed E-state index contributed by atoms with van der Waals surface area (Å²) in [5.41, 5.74) is 10.3. The van der Waals surface area contributed by atoms with E-state index in [9.17, 15) is 0 Å². The lowest BCUT2D eigenvalue weighted by molar-refractivity contribution is 0.198. The van der Waals surface area contributed by atoms with Crippen LogP contribution in [0.5, 0.6) is 5.75 Å². The quantitative estimate of drug-likeness (QED) is 0.875. The van der Waals surface area contributed by atoms with Crippen LogP contribution in [0.1, 0.15) is 24.2 Å². The third-order valence-corrected chi connectivity index (χ3v) is 3.89. The predicted octanol–water partition coefficient (Wildman–Crippen LogP) is 3.66. The molecule has 1 unspecified atom stereocenters. The van der Waals surface area contributed by atoms with Crippen LogP contribution >= 0.6 is 0 Å². The summed E-state index contributed by atoms with van der Waals surface area (Å²) in [7, 11) is 0. The van der Waals surface area contributed by atoms with Crippen molar-refractivity contribution in [2.75, 3.05) is 18.0 Å². The molecule has 2 aromatic carbocycles. The van der Waals surface area contributed by atoms with E-state index >= 15 is 0 Å². The Morgan fingerprint density at radius 2 is 2.05 bits per heavy atom. The third kappa shape index (κ3) is 3.00. The highest BCUT2D eigenvalue weighted by Crippen LogP contribution is 2.38. The molecule has 0 aliphatic carbocycles. The van der Waals surface area contributed by atoms with Crippen LogP contribution in [0.3, 0.4) is 0 Å². The smallest absolute Gasteiger partial charge is 0.143 e. The van der Waals surface area contributed by atoms with E-state index in [4.69, 9.17) is 10.5 Å². The number of hydrogen-bond donors (Lipinski definition) is 1. The number of rotatable bonds is 4. The SMILES string of the molecule is C=C(C)CN1CC(c2ccccc2)Oc2cc(CN)ccc21. The van der Waals surface area contributed by atoms with Crippen LogP contribution in [-0.2, 0) is 6.54 Å². The van der Waals surface area contributed by atoms with Gasteiger partial charge in [0.15, 0.2) is 0 Å². The third-order valence-electron chi connectivity index (χ3n) is 3.89. The Labute approximate surface area is 132 Å². The minimum Gasteiger partial charge on any atom is -0.482 e. The molecule has 2 aromatic rings. The topological polar surface area (TPSA) is 38.5 Å². The normalized spacial score (nSPS) is 16.8. The van der Waals surface area contributed by atoms with E-state index in [1.165, 1.54) is 5.56 Å². The molecular weight excluding hydrogens is 272 g/mol. The first-order chi connectivity index (χ1) is 10.7. The molecule has 3 nitrogen and oxygen atoms in total. The minimum absolute atomic E-state index is 0.0288. The van der Waals surface area contributed by atoms with Gasteiger partial charge in [-0.3, -0.25) is 0 Å². The Morgan fingerprint density at radius 1 is 1.27 bits per heavy atom. The van der Waals surface area contributed by atoms with Crippen molar-refractivity contribution in [2.24, 2.45) is 5.73 Å². The number of hydrogen-bond acceptors (Lipinski definition) is 3. The maximum Gasteiger partial charge on any atom is 0.143 e. The number of nitrogens with zero attached hydrogens (tertiary/aromatic N) is 1. The summed E-state index contributed by atoms with van der Waals surface area (Å²) in [5.74, 6) is 0.907. The summed E-state index contributed by atoms with van der Waals surface area (Å²) < 4.78 is 6.25. The van der Waals surface area contributed by atoms with Gasteiger partial charge in [-0.25, -0.2) is 0 Å². The van der Waals surface area contributed by atoms with Crippen LogP contribution in [0.2, 0.25) is 0 Å². The van der Waals surface area contributed by atoms with Gasteiger partial charge in [-0.15, -0.1) is 0 Å². The fourth-order valence-electron chi connectivity index (χ4n) is 2.85. The van der Waals surface area contributed by atoms with Gasteiger partial charge in [0, 0.05) is 13.1 Å². The zero-order valence-electron chi connectivity index (χ0n) is 13.0. The molecule has 0 radical (unpaired) electrons. The fourth-order valence-corrected chi connectivity index (χ4v) is 2.85. The molecule has 114 valence electrons. The fraction of sp³-hybridized carbons (Fsp3) is 0.263. The molecule has 0 saturated heterocycles. The summed E-state index contributed by atoms with van der Waals surface area (Å²) in [4.78, 5) is 2.33. The lowest BCUT2D eigenvalue weighted by atomic mass is 10.0. The molecular formula is C19H22N2O. The van der Waals surface area contributed by atoms with Crippen LogP contribution in [0.15, 0.2) is 60.7 Å². The van der Waals surface area contributed by atoms with Gasteiger partial charge < -0.3 is 15.4 Å². The van der Waals surface area contributed by atoms with Crippen LogP contribution in [0.4, 0.5) is 5.69 Å². The lowest BCUT2D eigenvalue weighted by Gasteiger charge is -2.37. The molecule has 3 heteroatoms. The Hall–Kier alpha value is -2.26. The summed E-state index contributed by atoms with van der Waals surface area (Å²) in [5, 5.41) is 0. The number of anilines is 1. The highest BCUT2D eigenvalue weighted by Gasteiger charge is 2.26. The van der Waals surface area contributed by atoms with Crippen molar-refractivity contribution >= 4 is 5.69 Å². The van der Waals surface area contributed by atoms with E-state index in [0.29, 0.717) is 6.54 Å². The van der Waals surface area contributed by atoms with Gasteiger partial charge in [0.1, 0.15) is 11.9 Å². The van der Waals surface area contributed by atoms with Gasteiger partial charge >= 0.3 is 0 Å². The van der Waals surface area contributed by atoms with E-state index in [0.717, 1.165) is 35.7 Å². The summed E-state index contributed by atoms with van der Waals surface area (Å²) in [6.07, 6.45) is 0.0288. The lowest BCUT2D eigenvalue weighted by Crippen LogP contribution is -2.36. The molecule has 2 N–H and O–H groups in total. The highest BCUT2D eigenvalue weighted by molar-refractivity contribution is 5.62. The van der Waals surface area contributed by atoms with Crippen molar-refractivity contribution in [3.05, 3.63) is 71.8 Å². The number of benzene rings is 2. The first-order valence-electron chi connectivity index (χ1n) is 7.61.